The average Bonchev–Trinajstić information content (AvgIpc) is 4.20. The fraction of sp³-hybridized carbons (Fsp3) is 0.0141. The summed E-state index contributed by atoms with van der Waals surface area (Å²) in [5, 5.41) is 7.73. The second kappa shape index (κ2) is 15.9. The van der Waals surface area contributed by atoms with Gasteiger partial charge in [0.25, 0.3) is 0 Å². The second-order valence-electron chi connectivity index (χ2n) is 19.9. The van der Waals surface area contributed by atoms with E-state index >= 15 is 0 Å². The Kier molecular flexibility index (Phi) is 8.86. The van der Waals surface area contributed by atoms with Gasteiger partial charge in [0.05, 0.1) is 27.8 Å². The predicted octanol–water partition coefficient (Wildman–Crippen LogP) is 19.5. The molecule has 0 aliphatic heterocycles. The lowest BCUT2D eigenvalue weighted by molar-refractivity contribution is 0.794. The summed E-state index contributed by atoms with van der Waals surface area (Å²) in [6.45, 7) is 0. The highest BCUT2D eigenvalue weighted by molar-refractivity contribution is 7.27. The fourth-order valence-corrected chi connectivity index (χ4v) is 14.5. The molecule has 1 spiro atoms. The standard InChI is InChI=1S/C71H44N2S/c1-2-19-51-45(17-1)39-44-58-57-26-15-25-52(69(57)74-70(51)58)47-37-42-49(43-38-47)72(48-40-35-46(36-41-48)50-18-6-12-31-64(50)73-65-32-13-7-22-55(65)56-23-8-14-33-66(56)73)67-34-16-30-63-68(67)59-24-5-11-29-62(59)71(63)60-27-9-3-20-53(60)54-21-4-10-28-61(54)71/h1-44H. The fourth-order valence-electron chi connectivity index (χ4n) is 13.2. The van der Waals surface area contributed by atoms with Crippen molar-refractivity contribution in [1.29, 1.82) is 0 Å². The summed E-state index contributed by atoms with van der Waals surface area (Å²) < 4.78 is 5.10. The van der Waals surface area contributed by atoms with Crippen LogP contribution in [0, 0.1) is 0 Å². The van der Waals surface area contributed by atoms with Gasteiger partial charge in [-0.2, -0.15) is 0 Å². The van der Waals surface area contributed by atoms with Gasteiger partial charge >= 0.3 is 0 Å². The van der Waals surface area contributed by atoms with Crippen molar-refractivity contribution < 1.29 is 0 Å². The summed E-state index contributed by atoms with van der Waals surface area (Å²) in [5.74, 6) is 0. The van der Waals surface area contributed by atoms with E-state index in [-0.39, 0.29) is 0 Å². The van der Waals surface area contributed by atoms with Crippen molar-refractivity contribution in [2.45, 2.75) is 5.41 Å². The van der Waals surface area contributed by atoms with Crippen molar-refractivity contribution in [2.24, 2.45) is 0 Å². The van der Waals surface area contributed by atoms with Crippen molar-refractivity contribution in [1.82, 2.24) is 4.57 Å². The maximum atomic E-state index is 2.50. The molecule has 0 atom stereocenters. The molecule has 0 bridgehead atoms. The number of nitrogens with zero attached hydrogens (tertiary/aromatic N) is 2. The van der Waals surface area contributed by atoms with Crippen LogP contribution in [0.15, 0.2) is 267 Å². The van der Waals surface area contributed by atoms with Gasteiger partial charge in [0, 0.05) is 53.4 Å². The summed E-state index contributed by atoms with van der Waals surface area (Å²) in [4.78, 5) is 2.50. The molecule has 0 N–H and O–H groups in total. The van der Waals surface area contributed by atoms with Crippen molar-refractivity contribution in [3.05, 3.63) is 289 Å². The molecule has 14 aromatic rings. The third-order valence-electron chi connectivity index (χ3n) is 16.2. The van der Waals surface area contributed by atoms with E-state index in [0.717, 1.165) is 28.3 Å². The summed E-state index contributed by atoms with van der Waals surface area (Å²) in [6, 6.07) is 99.5. The molecule has 344 valence electrons. The zero-order valence-corrected chi connectivity index (χ0v) is 41.0. The normalized spacial score (nSPS) is 13.0. The highest BCUT2D eigenvalue weighted by Gasteiger charge is 2.52. The number of rotatable bonds is 6. The summed E-state index contributed by atoms with van der Waals surface area (Å²) in [6.07, 6.45) is 0. The topological polar surface area (TPSA) is 8.17 Å². The zero-order valence-electron chi connectivity index (χ0n) is 40.2. The molecule has 0 radical (unpaired) electrons. The smallest absolute Gasteiger partial charge is 0.0726 e. The van der Waals surface area contributed by atoms with Crippen LogP contribution in [0.1, 0.15) is 22.3 Å². The molecular weight excluding hydrogens is 913 g/mol. The molecule has 12 aromatic carbocycles. The molecule has 0 amide bonds. The molecule has 2 heterocycles. The van der Waals surface area contributed by atoms with Gasteiger partial charge in [-0.15, -0.1) is 11.3 Å². The van der Waals surface area contributed by atoms with Crippen LogP contribution >= 0.6 is 11.3 Å². The van der Waals surface area contributed by atoms with E-state index in [4.69, 9.17) is 0 Å². The molecule has 16 rings (SSSR count). The molecule has 74 heavy (non-hydrogen) atoms. The monoisotopic (exact) mass is 956 g/mol. The highest BCUT2D eigenvalue weighted by atomic mass is 32.1. The molecule has 0 saturated heterocycles. The Morgan fingerprint density at radius 3 is 1.46 bits per heavy atom. The Morgan fingerprint density at radius 2 is 0.784 bits per heavy atom. The van der Waals surface area contributed by atoms with Gasteiger partial charge in [-0.3, -0.25) is 0 Å². The third-order valence-corrected chi connectivity index (χ3v) is 17.5. The van der Waals surface area contributed by atoms with Crippen LogP contribution in [0.25, 0.3) is 103 Å². The van der Waals surface area contributed by atoms with E-state index in [0.29, 0.717) is 0 Å². The molecule has 0 fully saturated rings. The first kappa shape index (κ1) is 41.3. The van der Waals surface area contributed by atoms with Gasteiger partial charge in [-0.25, -0.2) is 0 Å². The van der Waals surface area contributed by atoms with E-state index in [1.807, 2.05) is 11.3 Å². The Hall–Kier alpha value is -9.28. The van der Waals surface area contributed by atoms with E-state index in [2.05, 4.69) is 276 Å². The minimum Gasteiger partial charge on any atom is -0.310 e. The van der Waals surface area contributed by atoms with Crippen molar-refractivity contribution in [3.63, 3.8) is 0 Å². The lowest BCUT2D eigenvalue weighted by Crippen LogP contribution is -2.26. The lowest BCUT2D eigenvalue weighted by Gasteiger charge is -2.32. The number of benzene rings is 12. The first-order valence-corrected chi connectivity index (χ1v) is 26.4. The molecule has 0 unspecified atom stereocenters. The molecule has 2 aliphatic rings. The molecular formula is C71H44N2S. The second-order valence-corrected chi connectivity index (χ2v) is 20.9. The van der Waals surface area contributed by atoms with Gasteiger partial charge < -0.3 is 9.47 Å². The molecule has 2 aromatic heterocycles. The van der Waals surface area contributed by atoms with Crippen molar-refractivity contribution in [3.8, 4) is 50.2 Å². The lowest BCUT2D eigenvalue weighted by atomic mass is 9.70. The number of hydrogen-bond donors (Lipinski definition) is 0. The minimum atomic E-state index is -0.459. The molecule has 2 nitrogen and oxygen atoms in total. The number of hydrogen-bond acceptors (Lipinski definition) is 2. The predicted molar refractivity (Wildman–Crippen MR) is 313 cm³/mol. The van der Waals surface area contributed by atoms with Crippen LogP contribution in [-0.2, 0) is 5.41 Å². The number of para-hydroxylation sites is 3. The maximum Gasteiger partial charge on any atom is 0.0726 e. The van der Waals surface area contributed by atoms with Crippen LogP contribution in [0.2, 0.25) is 0 Å². The quantitative estimate of drug-likeness (QED) is 0.161. The van der Waals surface area contributed by atoms with Crippen LogP contribution in [-0.4, -0.2) is 4.57 Å². The van der Waals surface area contributed by atoms with Crippen molar-refractivity contribution >= 4 is 81.1 Å². The largest absolute Gasteiger partial charge is 0.310 e. The first-order valence-electron chi connectivity index (χ1n) is 25.6. The van der Waals surface area contributed by atoms with Crippen LogP contribution in [0.5, 0.6) is 0 Å². The zero-order chi connectivity index (χ0) is 48.5. The Balaban J connectivity index is 0.889. The Bertz CT molecular complexity index is 4510. The van der Waals surface area contributed by atoms with Crippen LogP contribution < -0.4 is 4.90 Å². The maximum absolute atomic E-state index is 2.50. The average molecular weight is 957 g/mol. The Morgan fingerprint density at radius 1 is 0.311 bits per heavy atom. The van der Waals surface area contributed by atoms with Gasteiger partial charge in [0.1, 0.15) is 0 Å². The molecule has 0 saturated carbocycles. The van der Waals surface area contributed by atoms with Gasteiger partial charge in [-0.05, 0) is 115 Å². The SMILES string of the molecule is c1ccc(-n2c3ccccc3c3ccccc32)c(-c2ccc(N(c3ccc(-c4cccc5c4sc4c6ccccc6ccc54)cc3)c3cccc4c3-c3ccccc3C43c4ccccc4-c4ccccc43)cc2)c1. The third kappa shape index (κ3) is 5.70. The highest BCUT2D eigenvalue weighted by Crippen LogP contribution is 2.64. The van der Waals surface area contributed by atoms with Crippen molar-refractivity contribution in [2.75, 3.05) is 4.90 Å². The molecule has 3 heteroatoms. The van der Waals surface area contributed by atoms with Crippen LogP contribution in [0.3, 0.4) is 0 Å². The minimum absolute atomic E-state index is 0.459. The number of anilines is 3. The summed E-state index contributed by atoms with van der Waals surface area (Å²) in [7, 11) is 0. The van der Waals surface area contributed by atoms with E-state index in [1.165, 1.54) is 114 Å². The van der Waals surface area contributed by atoms with Gasteiger partial charge in [0.15, 0.2) is 0 Å². The summed E-state index contributed by atoms with van der Waals surface area (Å²) in [5.41, 5.74) is 21.7. The van der Waals surface area contributed by atoms with E-state index in [9.17, 15) is 0 Å². The van der Waals surface area contributed by atoms with Gasteiger partial charge in [0.2, 0.25) is 0 Å². The number of aromatic nitrogens is 1. The van der Waals surface area contributed by atoms with E-state index in [1.54, 1.807) is 0 Å². The molecule has 2 aliphatic carbocycles. The van der Waals surface area contributed by atoms with Crippen LogP contribution in [0.4, 0.5) is 17.1 Å². The summed E-state index contributed by atoms with van der Waals surface area (Å²) >= 11 is 1.91. The first-order chi connectivity index (χ1) is 36.7. The van der Waals surface area contributed by atoms with E-state index < -0.39 is 5.41 Å². The Labute approximate surface area is 432 Å². The number of fused-ring (bicyclic) bond motifs is 18. The van der Waals surface area contributed by atoms with Gasteiger partial charge in [-0.1, -0.05) is 218 Å². The number of thiophene rings is 1.